The number of halogens is 1. The van der Waals surface area contributed by atoms with Gasteiger partial charge < -0.3 is 5.73 Å². The second-order valence-electron chi connectivity index (χ2n) is 5.29. The molecule has 20 heavy (non-hydrogen) atoms. The first-order valence-electron chi connectivity index (χ1n) is 6.75. The minimum Gasteiger partial charge on any atom is -0.328 e. The highest BCUT2D eigenvalue weighted by molar-refractivity contribution is 7.99. The van der Waals surface area contributed by atoms with E-state index in [4.69, 9.17) is 17.3 Å². The third-order valence-electron chi connectivity index (χ3n) is 3.26. The molecule has 0 aromatic heterocycles. The average molecular weight is 306 g/mol. The van der Waals surface area contributed by atoms with Gasteiger partial charge in [-0.1, -0.05) is 35.5 Å². The Hall–Kier alpha value is -0.960. The van der Waals surface area contributed by atoms with Crippen LogP contribution < -0.4 is 5.73 Å². The summed E-state index contributed by atoms with van der Waals surface area (Å²) in [7, 11) is 0. The molecule has 0 amide bonds. The molecule has 0 bridgehead atoms. The van der Waals surface area contributed by atoms with Crippen molar-refractivity contribution in [2.24, 2.45) is 5.73 Å². The van der Waals surface area contributed by atoms with Crippen LogP contribution in [0.2, 0.25) is 5.02 Å². The van der Waals surface area contributed by atoms with Gasteiger partial charge in [0.25, 0.3) is 0 Å². The summed E-state index contributed by atoms with van der Waals surface area (Å²) in [5, 5.41) is 0.798. The Labute approximate surface area is 130 Å². The van der Waals surface area contributed by atoms with E-state index in [1.165, 1.54) is 21.6 Å². The van der Waals surface area contributed by atoms with Crippen LogP contribution in [0, 0.1) is 13.8 Å². The standard InChI is InChI=1S/C17H20ClNS/c1-11-4-6-15(8-12(11)2)20-17-7-5-14(9-13(3)19)10-16(17)18/h4-8,10,13H,9,19H2,1-3H3. The van der Waals surface area contributed by atoms with Crippen LogP contribution in [-0.2, 0) is 6.42 Å². The van der Waals surface area contributed by atoms with Gasteiger partial charge in [0, 0.05) is 15.8 Å². The van der Waals surface area contributed by atoms with Crippen LogP contribution in [0.3, 0.4) is 0 Å². The van der Waals surface area contributed by atoms with Crippen molar-refractivity contribution >= 4 is 23.4 Å². The molecule has 2 N–H and O–H groups in total. The molecule has 1 unspecified atom stereocenters. The Morgan fingerprint density at radius 2 is 1.85 bits per heavy atom. The van der Waals surface area contributed by atoms with Crippen molar-refractivity contribution in [1.29, 1.82) is 0 Å². The van der Waals surface area contributed by atoms with Crippen LogP contribution in [0.4, 0.5) is 0 Å². The van der Waals surface area contributed by atoms with Gasteiger partial charge in [-0.05, 0) is 68.1 Å². The smallest absolute Gasteiger partial charge is 0.0548 e. The van der Waals surface area contributed by atoms with Crippen molar-refractivity contribution in [2.75, 3.05) is 0 Å². The first-order chi connectivity index (χ1) is 9.45. The third-order valence-corrected chi connectivity index (χ3v) is 4.75. The minimum absolute atomic E-state index is 0.157. The molecule has 0 aliphatic carbocycles. The van der Waals surface area contributed by atoms with Crippen molar-refractivity contribution < 1.29 is 0 Å². The van der Waals surface area contributed by atoms with E-state index in [2.05, 4.69) is 44.2 Å². The number of hydrogen-bond acceptors (Lipinski definition) is 2. The Bertz CT molecular complexity index is 608. The Kier molecular flexibility index (Phi) is 5.14. The zero-order chi connectivity index (χ0) is 14.7. The van der Waals surface area contributed by atoms with Crippen LogP contribution in [-0.4, -0.2) is 6.04 Å². The van der Waals surface area contributed by atoms with Gasteiger partial charge in [0.15, 0.2) is 0 Å². The molecule has 2 aromatic rings. The van der Waals surface area contributed by atoms with Crippen molar-refractivity contribution in [1.82, 2.24) is 0 Å². The lowest BCUT2D eigenvalue weighted by molar-refractivity contribution is 0.738. The van der Waals surface area contributed by atoms with Gasteiger partial charge >= 0.3 is 0 Å². The molecule has 0 radical (unpaired) electrons. The Balaban J connectivity index is 2.19. The predicted octanol–water partition coefficient (Wildman–Crippen LogP) is 5.00. The fourth-order valence-electron chi connectivity index (χ4n) is 2.03. The first-order valence-corrected chi connectivity index (χ1v) is 7.94. The minimum atomic E-state index is 0.157. The van der Waals surface area contributed by atoms with Crippen molar-refractivity contribution in [3.05, 3.63) is 58.1 Å². The molecule has 1 nitrogen and oxygen atoms in total. The maximum atomic E-state index is 6.37. The van der Waals surface area contributed by atoms with E-state index in [0.29, 0.717) is 0 Å². The molecular weight excluding hydrogens is 286 g/mol. The normalized spacial score (nSPS) is 12.4. The maximum absolute atomic E-state index is 6.37. The summed E-state index contributed by atoms with van der Waals surface area (Å²) in [5.74, 6) is 0. The van der Waals surface area contributed by atoms with Gasteiger partial charge in [-0.25, -0.2) is 0 Å². The number of hydrogen-bond donors (Lipinski definition) is 1. The molecular formula is C17H20ClNS. The summed E-state index contributed by atoms with van der Waals surface area (Å²) < 4.78 is 0. The van der Waals surface area contributed by atoms with Crippen LogP contribution in [0.15, 0.2) is 46.2 Å². The summed E-state index contributed by atoms with van der Waals surface area (Å²) in [6, 6.07) is 12.9. The summed E-state index contributed by atoms with van der Waals surface area (Å²) in [6.45, 7) is 6.26. The Morgan fingerprint density at radius 1 is 1.10 bits per heavy atom. The monoisotopic (exact) mass is 305 g/mol. The van der Waals surface area contributed by atoms with E-state index in [9.17, 15) is 0 Å². The Morgan fingerprint density at radius 3 is 2.45 bits per heavy atom. The lowest BCUT2D eigenvalue weighted by Gasteiger charge is -2.10. The number of rotatable bonds is 4. The lowest BCUT2D eigenvalue weighted by atomic mass is 10.1. The number of aryl methyl sites for hydroxylation is 2. The van der Waals surface area contributed by atoms with Gasteiger partial charge in [0.2, 0.25) is 0 Å². The molecule has 2 aromatic carbocycles. The molecule has 2 rings (SSSR count). The second-order valence-corrected chi connectivity index (χ2v) is 6.82. The topological polar surface area (TPSA) is 26.0 Å². The quantitative estimate of drug-likeness (QED) is 0.860. The van der Waals surface area contributed by atoms with E-state index in [1.54, 1.807) is 11.8 Å². The zero-order valence-corrected chi connectivity index (χ0v) is 13.7. The molecule has 0 saturated heterocycles. The summed E-state index contributed by atoms with van der Waals surface area (Å²) in [4.78, 5) is 2.30. The van der Waals surface area contributed by atoms with Crippen molar-refractivity contribution in [3.63, 3.8) is 0 Å². The summed E-state index contributed by atoms with van der Waals surface area (Å²) >= 11 is 8.07. The van der Waals surface area contributed by atoms with Crippen LogP contribution in [0.25, 0.3) is 0 Å². The van der Waals surface area contributed by atoms with Crippen LogP contribution in [0.5, 0.6) is 0 Å². The molecule has 0 fully saturated rings. The molecule has 0 heterocycles. The summed E-state index contributed by atoms with van der Waals surface area (Å²) in [6.07, 6.45) is 0.855. The summed E-state index contributed by atoms with van der Waals surface area (Å²) in [5.41, 5.74) is 9.63. The van der Waals surface area contributed by atoms with E-state index in [0.717, 1.165) is 16.3 Å². The van der Waals surface area contributed by atoms with Gasteiger partial charge in [0.1, 0.15) is 0 Å². The predicted molar refractivity (Wildman–Crippen MR) is 88.8 cm³/mol. The molecule has 0 aliphatic heterocycles. The average Bonchev–Trinajstić information content (AvgIpc) is 2.36. The fourth-order valence-corrected chi connectivity index (χ4v) is 3.27. The van der Waals surface area contributed by atoms with Crippen LogP contribution >= 0.6 is 23.4 Å². The van der Waals surface area contributed by atoms with Gasteiger partial charge in [-0.3, -0.25) is 0 Å². The number of nitrogens with two attached hydrogens (primary N) is 1. The largest absolute Gasteiger partial charge is 0.328 e. The van der Waals surface area contributed by atoms with Crippen molar-refractivity contribution in [2.45, 2.75) is 43.0 Å². The van der Waals surface area contributed by atoms with Crippen molar-refractivity contribution in [3.8, 4) is 0 Å². The third kappa shape index (κ3) is 4.02. The second kappa shape index (κ2) is 6.66. The van der Waals surface area contributed by atoms with Gasteiger partial charge in [-0.2, -0.15) is 0 Å². The zero-order valence-electron chi connectivity index (χ0n) is 12.1. The first kappa shape index (κ1) is 15.4. The molecule has 1 atom stereocenters. The molecule has 106 valence electrons. The highest BCUT2D eigenvalue weighted by Crippen LogP contribution is 2.34. The SMILES string of the molecule is Cc1ccc(Sc2ccc(CC(C)N)cc2Cl)cc1C. The van der Waals surface area contributed by atoms with E-state index in [-0.39, 0.29) is 6.04 Å². The lowest BCUT2D eigenvalue weighted by Crippen LogP contribution is -2.17. The van der Waals surface area contributed by atoms with E-state index < -0.39 is 0 Å². The van der Waals surface area contributed by atoms with Crippen LogP contribution in [0.1, 0.15) is 23.6 Å². The fraction of sp³-hybridized carbons (Fsp3) is 0.294. The molecule has 0 aliphatic rings. The molecule has 0 saturated carbocycles. The van der Waals surface area contributed by atoms with E-state index >= 15 is 0 Å². The molecule has 3 heteroatoms. The van der Waals surface area contributed by atoms with Gasteiger partial charge in [-0.15, -0.1) is 0 Å². The molecule has 0 spiro atoms. The maximum Gasteiger partial charge on any atom is 0.0548 e. The van der Waals surface area contributed by atoms with E-state index in [1.807, 2.05) is 13.0 Å². The van der Waals surface area contributed by atoms with Gasteiger partial charge in [0.05, 0.1) is 5.02 Å². The highest BCUT2D eigenvalue weighted by atomic mass is 35.5. The highest BCUT2D eigenvalue weighted by Gasteiger charge is 2.06. The number of benzene rings is 2.